The Balaban J connectivity index is 1.99. The molecule has 1 unspecified atom stereocenters. The van der Waals surface area contributed by atoms with Gasteiger partial charge in [-0.2, -0.15) is 4.68 Å². The van der Waals surface area contributed by atoms with Crippen LogP contribution in [0.1, 0.15) is 36.4 Å². The Bertz CT molecular complexity index is 582. The van der Waals surface area contributed by atoms with Crippen molar-refractivity contribution < 1.29 is 9.90 Å². The van der Waals surface area contributed by atoms with Gasteiger partial charge in [-0.25, -0.2) is 0 Å². The minimum absolute atomic E-state index is 0.132. The van der Waals surface area contributed by atoms with Gasteiger partial charge in [0.25, 0.3) is 5.91 Å². The number of hydrogen-bond donors (Lipinski definition) is 2. The molecule has 0 bridgehead atoms. The van der Waals surface area contributed by atoms with Gasteiger partial charge < -0.3 is 10.4 Å². The van der Waals surface area contributed by atoms with Crippen LogP contribution in [0.25, 0.3) is 5.69 Å². The van der Waals surface area contributed by atoms with Gasteiger partial charge in [-0.05, 0) is 46.6 Å². The van der Waals surface area contributed by atoms with E-state index >= 15 is 0 Å². The number of aliphatic hydroxyl groups is 1. The van der Waals surface area contributed by atoms with Gasteiger partial charge in [0, 0.05) is 13.2 Å². The average molecular weight is 323 g/mol. The third-order valence-electron chi connectivity index (χ3n) is 3.34. The van der Waals surface area contributed by atoms with Crippen molar-refractivity contribution in [3.8, 4) is 5.69 Å². The summed E-state index contributed by atoms with van der Waals surface area (Å²) >= 11 is 1.36. The minimum atomic E-state index is -0.132. The lowest BCUT2D eigenvalue weighted by molar-refractivity contribution is 0.0945. The molecule has 120 valence electrons. The summed E-state index contributed by atoms with van der Waals surface area (Å²) in [5, 5.41) is 24.9. The summed E-state index contributed by atoms with van der Waals surface area (Å²) in [7, 11) is 0. The third-order valence-corrected chi connectivity index (χ3v) is 4.24. The largest absolute Gasteiger partial charge is 0.396 e. The van der Waals surface area contributed by atoms with Crippen LogP contribution in [0.4, 0.5) is 0 Å². The molecule has 2 heterocycles. The molecule has 0 saturated heterocycles. The van der Waals surface area contributed by atoms with Crippen molar-refractivity contribution in [2.24, 2.45) is 11.8 Å². The van der Waals surface area contributed by atoms with Gasteiger partial charge in [-0.1, -0.05) is 13.8 Å². The Labute approximate surface area is 133 Å². The molecule has 7 nitrogen and oxygen atoms in total. The number of nitrogens with one attached hydrogen (secondary N) is 1. The lowest BCUT2D eigenvalue weighted by Crippen LogP contribution is -2.30. The average Bonchev–Trinajstić information content (AvgIpc) is 3.13. The molecule has 0 aromatic carbocycles. The van der Waals surface area contributed by atoms with Gasteiger partial charge in [0.05, 0.1) is 5.69 Å². The van der Waals surface area contributed by atoms with Crippen LogP contribution in [0.15, 0.2) is 17.8 Å². The normalized spacial score (nSPS) is 12.5. The molecule has 0 aliphatic heterocycles. The molecule has 2 aromatic rings. The zero-order valence-electron chi connectivity index (χ0n) is 12.8. The second kappa shape index (κ2) is 8.00. The van der Waals surface area contributed by atoms with Gasteiger partial charge in [-0.3, -0.25) is 4.79 Å². The van der Waals surface area contributed by atoms with E-state index in [0.717, 1.165) is 6.42 Å². The van der Waals surface area contributed by atoms with E-state index in [9.17, 15) is 4.79 Å². The van der Waals surface area contributed by atoms with Crippen molar-refractivity contribution in [1.29, 1.82) is 0 Å². The first-order chi connectivity index (χ1) is 10.6. The number of thiophene rings is 1. The third kappa shape index (κ3) is 4.35. The highest BCUT2D eigenvalue weighted by atomic mass is 32.1. The summed E-state index contributed by atoms with van der Waals surface area (Å²) in [5.41, 5.74) is 0.676. The quantitative estimate of drug-likeness (QED) is 0.768. The molecule has 2 aromatic heterocycles. The number of carbonyl (C=O) groups is 1. The Kier molecular flexibility index (Phi) is 6.02. The molecule has 1 amide bonds. The van der Waals surface area contributed by atoms with Crippen molar-refractivity contribution in [2.75, 3.05) is 13.2 Å². The molecule has 2 rings (SSSR count). The van der Waals surface area contributed by atoms with Crippen molar-refractivity contribution in [2.45, 2.75) is 26.7 Å². The number of aliphatic hydroxyl groups excluding tert-OH is 1. The second-order valence-electron chi connectivity index (χ2n) is 5.61. The van der Waals surface area contributed by atoms with Gasteiger partial charge in [0.1, 0.15) is 11.2 Å². The summed E-state index contributed by atoms with van der Waals surface area (Å²) in [4.78, 5) is 13.0. The first-order valence-corrected chi connectivity index (χ1v) is 8.19. The zero-order chi connectivity index (χ0) is 15.9. The van der Waals surface area contributed by atoms with Crippen LogP contribution in [0.2, 0.25) is 0 Å². The molecule has 0 saturated carbocycles. The van der Waals surface area contributed by atoms with E-state index < -0.39 is 0 Å². The van der Waals surface area contributed by atoms with Crippen molar-refractivity contribution in [1.82, 2.24) is 25.5 Å². The smallest absolute Gasteiger partial charge is 0.263 e. The van der Waals surface area contributed by atoms with Crippen LogP contribution in [-0.2, 0) is 0 Å². The highest BCUT2D eigenvalue weighted by Gasteiger charge is 2.17. The van der Waals surface area contributed by atoms with Crippen molar-refractivity contribution >= 4 is 17.2 Å². The number of amides is 1. The molecule has 0 spiro atoms. The molecule has 1 atom stereocenters. The van der Waals surface area contributed by atoms with Crippen molar-refractivity contribution in [3.63, 3.8) is 0 Å². The summed E-state index contributed by atoms with van der Waals surface area (Å²) in [6.07, 6.45) is 3.14. The van der Waals surface area contributed by atoms with Gasteiger partial charge in [0.15, 0.2) is 0 Å². The van der Waals surface area contributed by atoms with Crippen LogP contribution in [0.3, 0.4) is 0 Å². The van der Waals surface area contributed by atoms with E-state index in [4.69, 9.17) is 5.11 Å². The minimum Gasteiger partial charge on any atom is -0.396 e. The van der Waals surface area contributed by atoms with Gasteiger partial charge >= 0.3 is 0 Å². The standard InChI is InChI=1S/C14H21N5O2S/c1-10(2)7-11(3-5-20)8-15-14(21)13-12(4-6-22-13)19-9-16-17-18-19/h4,6,9-11,20H,3,5,7-8H2,1-2H3,(H,15,21). The Morgan fingerprint density at radius 3 is 2.95 bits per heavy atom. The van der Waals surface area contributed by atoms with E-state index in [0.29, 0.717) is 29.4 Å². The zero-order valence-corrected chi connectivity index (χ0v) is 13.6. The van der Waals surface area contributed by atoms with E-state index in [1.807, 2.05) is 11.4 Å². The lowest BCUT2D eigenvalue weighted by atomic mass is 9.94. The molecule has 0 radical (unpaired) electrons. The first kappa shape index (κ1) is 16.6. The number of aromatic nitrogens is 4. The van der Waals surface area contributed by atoms with E-state index in [1.54, 1.807) is 0 Å². The lowest BCUT2D eigenvalue weighted by Gasteiger charge is -2.18. The topological polar surface area (TPSA) is 92.9 Å². The highest BCUT2D eigenvalue weighted by Crippen LogP contribution is 2.20. The fraction of sp³-hybridized carbons (Fsp3) is 0.571. The molecular weight excluding hydrogens is 302 g/mol. The van der Waals surface area contributed by atoms with E-state index in [1.165, 1.54) is 22.3 Å². The number of tetrazole rings is 1. The maximum Gasteiger partial charge on any atom is 0.263 e. The summed E-state index contributed by atoms with van der Waals surface area (Å²) in [6.45, 7) is 4.98. The molecule has 0 fully saturated rings. The summed E-state index contributed by atoms with van der Waals surface area (Å²) in [5.74, 6) is 0.685. The van der Waals surface area contributed by atoms with Crippen LogP contribution in [-0.4, -0.2) is 44.4 Å². The molecule has 22 heavy (non-hydrogen) atoms. The fourth-order valence-electron chi connectivity index (χ4n) is 2.39. The number of nitrogens with zero attached hydrogens (tertiary/aromatic N) is 4. The predicted molar refractivity (Wildman–Crippen MR) is 84.0 cm³/mol. The molecule has 0 aliphatic carbocycles. The Morgan fingerprint density at radius 1 is 1.50 bits per heavy atom. The highest BCUT2D eigenvalue weighted by molar-refractivity contribution is 7.12. The monoisotopic (exact) mass is 323 g/mol. The molecular formula is C14H21N5O2S. The van der Waals surface area contributed by atoms with Crippen LogP contribution in [0.5, 0.6) is 0 Å². The van der Waals surface area contributed by atoms with Gasteiger partial charge in [-0.15, -0.1) is 16.4 Å². The number of carbonyl (C=O) groups excluding carboxylic acids is 1. The Morgan fingerprint density at radius 2 is 2.32 bits per heavy atom. The fourth-order valence-corrected chi connectivity index (χ4v) is 3.19. The number of hydrogen-bond acceptors (Lipinski definition) is 6. The maximum atomic E-state index is 12.4. The van der Waals surface area contributed by atoms with Crippen LogP contribution < -0.4 is 5.32 Å². The molecule has 2 N–H and O–H groups in total. The maximum absolute atomic E-state index is 12.4. The van der Waals surface area contributed by atoms with Crippen LogP contribution >= 0.6 is 11.3 Å². The molecule has 0 aliphatic rings. The van der Waals surface area contributed by atoms with Crippen molar-refractivity contribution in [3.05, 3.63) is 22.7 Å². The number of rotatable bonds is 8. The van der Waals surface area contributed by atoms with Gasteiger partial charge in [0.2, 0.25) is 0 Å². The second-order valence-corrected chi connectivity index (χ2v) is 6.52. The summed E-state index contributed by atoms with van der Waals surface area (Å²) in [6, 6.07) is 1.81. The SMILES string of the molecule is CC(C)CC(CCO)CNC(=O)c1sccc1-n1cnnn1. The van der Waals surface area contributed by atoms with Crippen LogP contribution in [0, 0.1) is 11.8 Å². The summed E-state index contributed by atoms with van der Waals surface area (Å²) < 4.78 is 1.48. The first-order valence-electron chi connectivity index (χ1n) is 7.31. The van der Waals surface area contributed by atoms with E-state index in [2.05, 4.69) is 34.7 Å². The predicted octanol–water partition coefficient (Wildman–Crippen LogP) is 1.50. The Hall–Kier alpha value is -1.80. The van der Waals surface area contributed by atoms with E-state index in [-0.39, 0.29) is 18.4 Å². The molecule has 8 heteroatoms.